The fourth-order valence-corrected chi connectivity index (χ4v) is 1.36. The summed E-state index contributed by atoms with van der Waals surface area (Å²) in [5.41, 5.74) is 0.387. The molecule has 1 aromatic rings. The third-order valence-corrected chi connectivity index (χ3v) is 2.44. The van der Waals surface area contributed by atoms with Gasteiger partial charge in [0.05, 0.1) is 13.7 Å². The zero-order chi connectivity index (χ0) is 13.0. The number of esters is 1. The average molecular weight is 305 g/mol. The molecule has 0 aromatic carbocycles. The molecule has 8 nitrogen and oxygen atoms in total. The maximum Gasteiger partial charge on any atom is 0.492 e. The highest BCUT2D eigenvalue weighted by Gasteiger charge is 2.18. The van der Waals surface area contributed by atoms with Crippen molar-refractivity contribution in [3.8, 4) is 0 Å². The second-order valence-corrected chi connectivity index (χ2v) is 3.71. The number of nitrogens with zero attached hydrogens (tertiary/aromatic N) is 4. The topological polar surface area (TPSA) is 100 Å². The zero-order valence-corrected chi connectivity index (χ0v) is 10.7. The summed E-state index contributed by atoms with van der Waals surface area (Å²) in [5, 5.41) is 14.0. The fourth-order valence-electron chi connectivity index (χ4n) is 0.973. The van der Waals surface area contributed by atoms with Gasteiger partial charge in [-0.3, -0.25) is 0 Å². The van der Waals surface area contributed by atoms with Gasteiger partial charge in [0.25, 0.3) is 4.73 Å². The van der Waals surface area contributed by atoms with Crippen molar-refractivity contribution in [2.24, 2.45) is 0 Å². The quantitative estimate of drug-likeness (QED) is 0.357. The van der Waals surface area contributed by atoms with Crippen molar-refractivity contribution in [3.05, 3.63) is 26.5 Å². The van der Waals surface area contributed by atoms with Gasteiger partial charge in [-0.05, 0) is 16.8 Å². The van der Waals surface area contributed by atoms with Crippen LogP contribution in [0.1, 0.15) is 6.92 Å². The highest BCUT2D eigenvalue weighted by molar-refractivity contribution is 9.10. The molecule has 0 spiro atoms. The van der Waals surface area contributed by atoms with Crippen molar-refractivity contribution in [1.29, 1.82) is 0 Å². The molecule has 17 heavy (non-hydrogen) atoms. The van der Waals surface area contributed by atoms with Crippen LogP contribution in [-0.2, 0) is 16.1 Å². The highest BCUT2D eigenvalue weighted by Crippen LogP contribution is 2.12. The normalized spacial score (nSPS) is 11.4. The maximum atomic E-state index is 11.1. The van der Waals surface area contributed by atoms with Crippen molar-refractivity contribution in [1.82, 2.24) is 14.8 Å². The molecule has 0 atom stereocenters. The number of methoxy groups -OCH3 is 1. The molecule has 0 saturated carbocycles. The van der Waals surface area contributed by atoms with E-state index in [1.165, 1.54) is 17.9 Å². The Kier molecular flexibility index (Phi) is 4.32. The lowest BCUT2D eigenvalue weighted by Crippen LogP contribution is -2.05. The number of carbonyl (C=O) groups is 1. The molecule has 0 aliphatic rings. The van der Waals surface area contributed by atoms with E-state index in [0.29, 0.717) is 5.57 Å². The lowest BCUT2D eigenvalue weighted by Gasteiger charge is -1.97. The number of halogens is 1. The highest BCUT2D eigenvalue weighted by atomic mass is 79.9. The lowest BCUT2D eigenvalue weighted by atomic mass is 10.3. The van der Waals surface area contributed by atoms with E-state index in [0.717, 1.165) is 0 Å². The Morgan fingerprint density at radius 3 is 2.82 bits per heavy atom. The molecule has 0 saturated heterocycles. The van der Waals surface area contributed by atoms with Crippen molar-refractivity contribution in [3.63, 3.8) is 0 Å². The van der Waals surface area contributed by atoms with Gasteiger partial charge in [-0.2, -0.15) is 4.68 Å². The summed E-state index contributed by atoms with van der Waals surface area (Å²) in [4.78, 5) is 24.4. The standard InChI is InChI=1S/C8H9BrN4O4/c1-5(6(14)17-2)3-4-12-7(9)10-8(11-12)13(15)16/h3H,4H2,1-2H3. The number of allylic oxidation sites excluding steroid dienone is 1. The second-order valence-electron chi connectivity index (χ2n) is 3.00. The Hall–Kier alpha value is -1.77. The number of aromatic nitrogens is 3. The Labute approximate surface area is 105 Å². The van der Waals surface area contributed by atoms with E-state index in [4.69, 9.17) is 0 Å². The lowest BCUT2D eigenvalue weighted by molar-refractivity contribution is -0.394. The zero-order valence-electron chi connectivity index (χ0n) is 9.08. The van der Waals surface area contributed by atoms with Crippen molar-refractivity contribution in [2.75, 3.05) is 7.11 Å². The van der Waals surface area contributed by atoms with Crippen LogP contribution in [-0.4, -0.2) is 32.8 Å². The molecule has 0 bridgehead atoms. The molecule has 1 heterocycles. The van der Waals surface area contributed by atoms with E-state index >= 15 is 0 Å². The van der Waals surface area contributed by atoms with E-state index in [2.05, 4.69) is 30.7 Å². The molecule has 92 valence electrons. The van der Waals surface area contributed by atoms with Crippen LogP contribution in [0.2, 0.25) is 0 Å². The predicted molar refractivity (Wildman–Crippen MR) is 60.1 cm³/mol. The molecule has 0 radical (unpaired) electrons. The molecule has 1 aromatic heterocycles. The van der Waals surface area contributed by atoms with Gasteiger partial charge >= 0.3 is 11.9 Å². The van der Waals surface area contributed by atoms with Gasteiger partial charge in [-0.15, -0.1) is 0 Å². The summed E-state index contributed by atoms with van der Waals surface area (Å²) >= 11 is 3.03. The Balaban J connectivity index is 2.82. The van der Waals surface area contributed by atoms with Gasteiger partial charge in [0.2, 0.25) is 0 Å². The van der Waals surface area contributed by atoms with E-state index in [9.17, 15) is 14.9 Å². The molecular formula is C8H9BrN4O4. The Morgan fingerprint density at radius 1 is 1.71 bits per heavy atom. The van der Waals surface area contributed by atoms with Crippen LogP contribution in [0.4, 0.5) is 5.95 Å². The molecule has 0 aliphatic carbocycles. The first-order valence-electron chi connectivity index (χ1n) is 4.45. The second kappa shape index (κ2) is 5.53. The van der Waals surface area contributed by atoms with Gasteiger partial charge in [0, 0.05) is 26.6 Å². The third-order valence-electron chi connectivity index (χ3n) is 1.86. The monoisotopic (exact) mass is 304 g/mol. The molecule has 0 fully saturated rings. The molecule has 0 aliphatic heterocycles. The molecule has 0 N–H and O–H groups in total. The van der Waals surface area contributed by atoms with Crippen molar-refractivity contribution in [2.45, 2.75) is 13.5 Å². The predicted octanol–water partition coefficient (Wildman–Crippen LogP) is 1.07. The summed E-state index contributed by atoms with van der Waals surface area (Å²) in [5.74, 6) is -0.961. The minimum absolute atomic E-state index is 0.183. The smallest absolute Gasteiger partial charge is 0.466 e. The van der Waals surface area contributed by atoms with Crippen LogP contribution >= 0.6 is 15.9 Å². The summed E-state index contributed by atoms with van der Waals surface area (Å²) in [6.45, 7) is 1.76. The summed E-state index contributed by atoms with van der Waals surface area (Å²) < 4.78 is 5.98. The molecule has 0 amide bonds. The third kappa shape index (κ3) is 3.34. The summed E-state index contributed by atoms with van der Waals surface area (Å²) in [6.07, 6.45) is 1.54. The first-order valence-corrected chi connectivity index (χ1v) is 5.24. The molecule has 0 unspecified atom stereocenters. The van der Waals surface area contributed by atoms with Gasteiger partial charge in [0.15, 0.2) is 0 Å². The maximum absolute atomic E-state index is 11.1. The number of ether oxygens (including phenoxy) is 1. The van der Waals surface area contributed by atoms with Crippen LogP contribution in [0.15, 0.2) is 16.4 Å². The summed E-state index contributed by atoms with van der Waals surface area (Å²) in [7, 11) is 1.27. The number of nitro groups is 1. The van der Waals surface area contributed by atoms with Gasteiger partial charge in [-0.1, -0.05) is 6.08 Å². The molecule has 1 rings (SSSR count). The van der Waals surface area contributed by atoms with Gasteiger partial charge < -0.3 is 14.9 Å². The number of hydrogen-bond acceptors (Lipinski definition) is 6. The Morgan fingerprint density at radius 2 is 2.35 bits per heavy atom. The Bertz CT molecular complexity index is 482. The molecular weight excluding hydrogens is 296 g/mol. The van der Waals surface area contributed by atoms with Crippen molar-refractivity contribution >= 4 is 27.8 Å². The van der Waals surface area contributed by atoms with E-state index in [1.54, 1.807) is 6.92 Å². The minimum atomic E-state index is -0.696. The number of rotatable bonds is 4. The largest absolute Gasteiger partial charge is 0.492 e. The van der Waals surface area contributed by atoms with Gasteiger partial charge in [0.1, 0.15) is 0 Å². The van der Waals surface area contributed by atoms with Crippen LogP contribution in [0.25, 0.3) is 0 Å². The van der Waals surface area contributed by atoms with Crippen LogP contribution < -0.4 is 0 Å². The van der Waals surface area contributed by atoms with Gasteiger partial charge in [-0.25, -0.2) is 4.79 Å². The first kappa shape index (κ1) is 13.3. The van der Waals surface area contributed by atoms with E-state index < -0.39 is 16.8 Å². The van der Waals surface area contributed by atoms with Crippen LogP contribution in [0.3, 0.4) is 0 Å². The number of hydrogen-bond donors (Lipinski definition) is 0. The molecule has 9 heteroatoms. The average Bonchev–Trinajstić information content (AvgIpc) is 2.66. The minimum Gasteiger partial charge on any atom is -0.466 e. The SMILES string of the molecule is COC(=O)C(C)=CCn1nc([N+](=O)[O-])nc1Br. The number of carbonyl (C=O) groups excluding carboxylic acids is 1. The summed E-state index contributed by atoms with van der Waals surface area (Å²) in [6, 6.07) is 0. The van der Waals surface area contributed by atoms with Crippen molar-refractivity contribution < 1.29 is 14.5 Å². The van der Waals surface area contributed by atoms with Crippen LogP contribution in [0.5, 0.6) is 0 Å². The fraction of sp³-hybridized carbons (Fsp3) is 0.375. The first-order chi connectivity index (χ1) is 7.95. The van der Waals surface area contributed by atoms with E-state index in [-0.39, 0.29) is 11.3 Å². The van der Waals surface area contributed by atoms with E-state index in [1.807, 2.05) is 0 Å². The van der Waals surface area contributed by atoms with Crippen LogP contribution in [0, 0.1) is 10.1 Å².